The van der Waals surface area contributed by atoms with Crippen LogP contribution in [0, 0.1) is 5.92 Å². The van der Waals surface area contributed by atoms with E-state index in [0.29, 0.717) is 5.76 Å². The number of furan rings is 1. The van der Waals surface area contributed by atoms with Gasteiger partial charge < -0.3 is 19.5 Å². The molecule has 1 unspecified atom stereocenters. The quantitative estimate of drug-likeness (QED) is 0.819. The van der Waals surface area contributed by atoms with Gasteiger partial charge in [-0.15, -0.1) is 0 Å². The summed E-state index contributed by atoms with van der Waals surface area (Å²) < 4.78 is 6.00. The van der Waals surface area contributed by atoms with Crippen LogP contribution in [0.3, 0.4) is 0 Å². The highest BCUT2D eigenvalue weighted by atomic mass is 16.3. The third-order valence-corrected chi connectivity index (χ3v) is 5.84. The number of pyridine rings is 1. The molecule has 29 heavy (non-hydrogen) atoms. The third-order valence-electron chi connectivity index (χ3n) is 5.84. The minimum Gasteiger partial charge on any atom is -0.457 e. The van der Waals surface area contributed by atoms with Crippen molar-refractivity contribution in [2.24, 2.45) is 5.92 Å². The van der Waals surface area contributed by atoms with E-state index < -0.39 is 0 Å². The molecule has 0 radical (unpaired) electrons. The summed E-state index contributed by atoms with van der Waals surface area (Å²) in [5.41, 5.74) is 2.66. The number of likely N-dealkylation sites (N-methyl/N-ethyl adjacent to an activating group) is 1. The number of fused-ring (bicyclic) bond motifs is 1. The van der Waals surface area contributed by atoms with Crippen LogP contribution in [0.5, 0.6) is 0 Å². The van der Waals surface area contributed by atoms with Crippen molar-refractivity contribution < 1.29 is 9.21 Å². The number of aromatic nitrogens is 1. The average molecular weight is 388 g/mol. The average Bonchev–Trinajstić information content (AvgIpc) is 3.34. The van der Waals surface area contributed by atoms with E-state index >= 15 is 0 Å². The van der Waals surface area contributed by atoms with Crippen LogP contribution in [0.25, 0.3) is 17.4 Å². The monoisotopic (exact) mass is 388 g/mol. The van der Waals surface area contributed by atoms with E-state index in [-0.39, 0.29) is 11.8 Å². The van der Waals surface area contributed by atoms with Gasteiger partial charge in [-0.2, -0.15) is 0 Å². The maximum Gasteiger partial charge on any atom is 0.252 e. The Balaban J connectivity index is 1.33. The van der Waals surface area contributed by atoms with Crippen LogP contribution in [0.15, 0.2) is 64.4 Å². The molecule has 5 rings (SSSR count). The molecule has 2 saturated heterocycles. The summed E-state index contributed by atoms with van der Waals surface area (Å²) in [6.07, 6.45) is 10.6. The van der Waals surface area contributed by atoms with E-state index in [0.717, 1.165) is 61.0 Å². The van der Waals surface area contributed by atoms with E-state index in [1.165, 1.54) is 0 Å². The molecule has 2 aliphatic heterocycles. The topological polar surface area (TPSA) is 61.6 Å². The number of rotatable bonds is 3. The number of allylic oxidation sites excluding steroid dienone is 4. The molecule has 4 heterocycles. The zero-order valence-corrected chi connectivity index (χ0v) is 16.5. The van der Waals surface area contributed by atoms with Crippen molar-refractivity contribution in [3.63, 3.8) is 0 Å². The second-order valence-electron chi connectivity index (χ2n) is 7.79. The summed E-state index contributed by atoms with van der Waals surface area (Å²) in [5.74, 6) is 2.51. The second kappa shape index (κ2) is 7.37. The van der Waals surface area contributed by atoms with Gasteiger partial charge in [-0.25, -0.2) is 4.98 Å². The summed E-state index contributed by atoms with van der Waals surface area (Å²) in [4.78, 5) is 21.6. The lowest BCUT2D eigenvalue weighted by molar-refractivity contribution is -0.115. The van der Waals surface area contributed by atoms with Gasteiger partial charge in [0.1, 0.15) is 17.3 Å². The minimum absolute atomic E-state index is 0.0407. The van der Waals surface area contributed by atoms with E-state index in [1.54, 1.807) is 0 Å². The molecule has 0 spiro atoms. The fraction of sp³-hybridized carbons (Fsp3) is 0.304. The van der Waals surface area contributed by atoms with Crippen LogP contribution in [0.2, 0.25) is 0 Å². The van der Waals surface area contributed by atoms with Gasteiger partial charge in [0.15, 0.2) is 0 Å². The van der Waals surface area contributed by atoms with Crippen molar-refractivity contribution in [2.45, 2.75) is 6.42 Å². The normalized spacial score (nSPS) is 23.3. The molecular weight excluding hydrogens is 364 g/mol. The molecule has 6 nitrogen and oxygen atoms in total. The van der Waals surface area contributed by atoms with Gasteiger partial charge in [-0.05, 0) is 49.9 Å². The zero-order chi connectivity index (χ0) is 19.8. The van der Waals surface area contributed by atoms with E-state index in [4.69, 9.17) is 4.42 Å². The Labute approximate surface area is 170 Å². The SMILES string of the molecule is CN1CCN(c2ccc(-c3ccc(/C=C4/C(=O)NC5=CC=CCC54)o3)cn2)CC1. The number of carbonyl (C=O) groups is 1. The summed E-state index contributed by atoms with van der Waals surface area (Å²) in [6.45, 7) is 4.11. The van der Waals surface area contributed by atoms with Gasteiger partial charge in [0.2, 0.25) is 0 Å². The molecule has 2 aromatic heterocycles. The lowest BCUT2D eigenvalue weighted by Gasteiger charge is -2.33. The number of nitrogens with zero attached hydrogens (tertiary/aromatic N) is 3. The molecular formula is C23H24N4O2. The van der Waals surface area contributed by atoms with E-state index in [1.807, 2.05) is 42.6 Å². The molecule has 1 N–H and O–H groups in total. The van der Waals surface area contributed by atoms with Gasteiger partial charge in [-0.1, -0.05) is 12.2 Å². The van der Waals surface area contributed by atoms with Crippen LogP contribution >= 0.6 is 0 Å². The minimum atomic E-state index is -0.0407. The van der Waals surface area contributed by atoms with Crippen molar-refractivity contribution >= 4 is 17.8 Å². The van der Waals surface area contributed by atoms with Crippen molar-refractivity contribution in [2.75, 3.05) is 38.1 Å². The second-order valence-corrected chi connectivity index (χ2v) is 7.79. The molecule has 0 saturated carbocycles. The number of anilines is 1. The molecule has 3 aliphatic rings. The van der Waals surface area contributed by atoms with Crippen molar-refractivity contribution in [1.82, 2.24) is 15.2 Å². The van der Waals surface area contributed by atoms with E-state index in [2.05, 4.69) is 39.3 Å². The Kier molecular flexibility index (Phi) is 4.56. The number of hydrogen-bond acceptors (Lipinski definition) is 5. The zero-order valence-electron chi connectivity index (χ0n) is 16.5. The number of piperazine rings is 1. The molecule has 2 fully saturated rings. The first-order valence-corrected chi connectivity index (χ1v) is 10.1. The molecule has 0 aromatic carbocycles. The van der Waals surface area contributed by atoms with Crippen LogP contribution < -0.4 is 10.2 Å². The molecule has 1 amide bonds. The smallest absolute Gasteiger partial charge is 0.252 e. The molecule has 1 atom stereocenters. The lowest BCUT2D eigenvalue weighted by atomic mass is 9.92. The highest BCUT2D eigenvalue weighted by molar-refractivity contribution is 6.03. The van der Waals surface area contributed by atoms with Crippen LogP contribution in [-0.4, -0.2) is 49.0 Å². The van der Waals surface area contributed by atoms with E-state index in [9.17, 15) is 4.79 Å². The van der Waals surface area contributed by atoms with Crippen LogP contribution in [0.1, 0.15) is 12.2 Å². The summed E-state index contributed by atoms with van der Waals surface area (Å²) in [5, 5.41) is 2.95. The Morgan fingerprint density at radius 2 is 2.03 bits per heavy atom. The Bertz CT molecular complexity index is 1010. The lowest BCUT2D eigenvalue weighted by Crippen LogP contribution is -2.44. The van der Waals surface area contributed by atoms with Gasteiger partial charge in [0.25, 0.3) is 5.91 Å². The molecule has 6 heteroatoms. The van der Waals surface area contributed by atoms with Gasteiger partial charge in [0.05, 0.1) is 0 Å². The fourth-order valence-electron chi connectivity index (χ4n) is 4.07. The number of carbonyl (C=O) groups excluding carboxylic acids is 1. The standard InChI is InChI=1S/C23H24N4O2/c1-26-10-12-27(13-11-26)22-9-6-16(15-24-22)21-8-7-17(29-21)14-19-18-4-2-3-5-20(18)25-23(19)28/h2-3,5-9,14-15,18H,4,10-13H2,1H3,(H,25,28)/b19-14+. The molecule has 1 aliphatic carbocycles. The molecule has 2 aromatic rings. The number of hydrogen-bond donors (Lipinski definition) is 1. The first-order chi connectivity index (χ1) is 14.2. The predicted molar refractivity (Wildman–Crippen MR) is 113 cm³/mol. The van der Waals surface area contributed by atoms with Gasteiger partial charge >= 0.3 is 0 Å². The van der Waals surface area contributed by atoms with Gasteiger partial charge in [0, 0.05) is 55.1 Å². The Morgan fingerprint density at radius 1 is 1.17 bits per heavy atom. The number of nitrogens with one attached hydrogen (secondary N) is 1. The summed E-state index contributed by atoms with van der Waals surface area (Å²) >= 11 is 0. The predicted octanol–water partition coefficient (Wildman–Crippen LogP) is 3.07. The largest absolute Gasteiger partial charge is 0.457 e. The Morgan fingerprint density at radius 3 is 2.83 bits per heavy atom. The Hall–Kier alpha value is -3.12. The highest BCUT2D eigenvalue weighted by Crippen LogP contribution is 2.34. The maximum atomic E-state index is 12.3. The first-order valence-electron chi connectivity index (χ1n) is 10.1. The maximum absolute atomic E-state index is 12.3. The fourth-order valence-corrected chi connectivity index (χ4v) is 4.07. The van der Waals surface area contributed by atoms with Crippen molar-refractivity contribution in [3.05, 3.63) is 65.7 Å². The van der Waals surface area contributed by atoms with Crippen LogP contribution in [-0.2, 0) is 4.79 Å². The summed E-state index contributed by atoms with van der Waals surface area (Å²) in [7, 11) is 2.15. The number of amides is 1. The first kappa shape index (κ1) is 17.9. The van der Waals surface area contributed by atoms with Crippen LogP contribution in [0.4, 0.5) is 5.82 Å². The van der Waals surface area contributed by atoms with Crippen molar-refractivity contribution in [1.29, 1.82) is 0 Å². The third kappa shape index (κ3) is 3.51. The van der Waals surface area contributed by atoms with Gasteiger partial charge in [-0.3, -0.25) is 4.79 Å². The molecule has 148 valence electrons. The molecule has 0 bridgehead atoms. The highest BCUT2D eigenvalue weighted by Gasteiger charge is 2.33. The summed E-state index contributed by atoms with van der Waals surface area (Å²) in [6, 6.07) is 7.94. The van der Waals surface area contributed by atoms with Crippen molar-refractivity contribution in [3.8, 4) is 11.3 Å².